The predicted molar refractivity (Wildman–Crippen MR) is 93.2 cm³/mol. The highest BCUT2D eigenvalue weighted by Crippen LogP contribution is 2.11. The molecule has 0 aliphatic rings. The highest BCUT2D eigenvalue weighted by atomic mass is 16.5. The summed E-state index contributed by atoms with van der Waals surface area (Å²) in [6.45, 7) is 2.81. The van der Waals surface area contributed by atoms with Gasteiger partial charge in [0.1, 0.15) is 0 Å². The monoisotopic (exact) mass is 304 g/mol. The lowest BCUT2D eigenvalue weighted by atomic mass is 10.1. The number of unbranched alkanes of at least 4 members (excludes halogenated alkanes) is 10. The second-order valence-electron chi connectivity index (χ2n) is 6.04. The molecule has 0 N–H and O–H groups in total. The van der Waals surface area contributed by atoms with Crippen LogP contribution >= 0.6 is 0 Å². The summed E-state index contributed by atoms with van der Waals surface area (Å²) in [7, 11) is 0. The molecule has 0 atom stereocenters. The summed E-state index contributed by atoms with van der Waals surface area (Å²) in [6, 6.07) is 9.21. The van der Waals surface area contributed by atoms with E-state index < -0.39 is 0 Å². The van der Waals surface area contributed by atoms with E-state index in [1.165, 1.54) is 57.8 Å². The van der Waals surface area contributed by atoms with Crippen LogP contribution in [0.15, 0.2) is 30.3 Å². The zero-order valence-electron chi connectivity index (χ0n) is 14.2. The summed E-state index contributed by atoms with van der Waals surface area (Å²) in [6.07, 6.45) is 14.4. The summed E-state index contributed by atoms with van der Waals surface area (Å²) in [5, 5.41) is 0. The Labute approximate surface area is 136 Å². The van der Waals surface area contributed by atoms with E-state index in [1.807, 2.05) is 18.2 Å². The summed E-state index contributed by atoms with van der Waals surface area (Å²) in [4.78, 5) is 11.7. The molecular formula is C20H32O2. The Hall–Kier alpha value is -1.31. The molecule has 1 aromatic rings. The molecule has 1 rings (SSSR count). The quantitative estimate of drug-likeness (QED) is 0.322. The first-order valence-electron chi connectivity index (χ1n) is 9.06. The number of carbonyl (C=O) groups excluding carboxylic acids is 1. The second kappa shape index (κ2) is 13.4. The molecule has 0 radical (unpaired) electrons. The summed E-state index contributed by atoms with van der Waals surface area (Å²) < 4.78 is 5.27. The van der Waals surface area contributed by atoms with Crippen LogP contribution in [-0.4, -0.2) is 12.6 Å². The van der Waals surface area contributed by atoms with Crippen LogP contribution in [0.3, 0.4) is 0 Å². The van der Waals surface area contributed by atoms with Crippen molar-refractivity contribution in [1.29, 1.82) is 0 Å². The van der Waals surface area contributed by atoms with Crippen molar-refractivity contribution in [1.82, 2.24) is 0 Å². The van der Waals surface area contributed by atoms with Gasteiger partial charge in [0, 0.05) is 0 Å². The van der Waals surface area contributed by atoms with Gasteiger partial charge in [-0.3, -0.25) is 0 Å². The van der Waals surface area contributed by atoms with Crippen LogP contribution in [0.2, 0.25) is 0 Å². The Balaban J connectivity index is 1.85. The largest absolute Gasteiger partial charge is 0.462 e. The van der Waals surface area contributed by atoms with Gasteiger partial charge < -0.3 is 4.74 Å². The highest BCUT2D eigenvalue weighted by Gasteiger charge is 2.04. The molecule has 0 saturated carbocycles. The zero-order valence-corrected chi connectivity index (χ0v) is 14.2. The molecule has 0 spiro atoms. The number of esters is 1. The fraction of sp³-hybridized carbons (Fsp3) is 0.650. The Bertz CT molecular complexity index is 373. The van der Waals surface area contributed by atoms with Crippen LogP contribution in [0, 0.1) is 0 Å². The lowest BCUT2D eigenvalue weighted by Crippen LogP contribution is -2.06. The molecule has 0 aromatic heterocycles. The number of hydrogen-bond acceptors (Lipinski definition) is 2. The van der Waals surface area contributed by atoms with Gasteiger partial charge in [-0.05, 0) is 18.6 Å². The fourth-order valence-corrected chi connectivity index (χ4v) is 2.59. The average Bonchev–Trinajstić information content (AvgIpc) is 2.56. The first kappa shape index (κ1) is 18.7. The van der Waals surface area contributed by atoms with E-state index in [9.17, 15) is 4.79 Å². The third-order valence-electron chi connectivity index (χ3n) is 3.99. The first-order valence-corrected chi connectivity index (χ1v) is 9.06. The number of benzene rings is 1. The normalized spacial score (nSPS) is 10.6. The molecule has 0 aliphatic heterocycles. The molecule has 1 aromatic carbocycles. The summed E-state index contributed by atoms with van der Waals surface area (Å²) >= 11 is 0. The van der Waals surface area contributed by atoms with Gasteiger partial charge in [-0.25, -0.2) is 4.79 Å². The molecule has 0 fully saturated rings. The zero-order chi connectivity index (χ0) is 15.9. The van der Waals surface area contributed by atoms with Gasteiger partial charge in [0.15, 0.2) is 0 Å². The van der Waals surface area contributed by atoms with E-state index in [2.05, 4.69) is 6.92 Å². The molecule has 0 aliphatic carbocycles. The minimum atomic E-state index is -0.201. The summed E-state index contributed by atoms with van der Waals surface area (Å²) in [5.74, 6) is -0.201. The van der Waals surface area contributed by atoms with E-state index in [1.54, 1.807) is 12.1 Å². The molecule has 22 heavy (non-hydrogen) atoms. The molecule has 2 heteroatoms. The Kier molecular flexibility index (Phi) is 11.4. The van der Waals surface area contributed by atoms with Crippen molar-refractivity contribution in [3.8, 4) is 0 Å². The van der Waals surface area contributed by atoms with Crippen molar-refractivity contribution in [2.45, 2.75) is 77.6 Å². The van der Waals surface area contributed by atoms with Crippen molar-refractivity contribution < 1.29 is 9.53 Å². The van der Waals surface area contributed by atoms with E-state index >= 15 is 0 Å². The van der Waals surface area contributed by atoms with Crippen molar-refractivity contribution in [3.05, 3.63) is 35.9 Å². The Morgan fingerprint density at radius 2 is 1.27 bits per heavy atom. The molecule has 0 saturated heterocycles. The maximum atomic E-state index is 11.7. The molecule has 2 nitrogen and oxygen atoms in total. The standard InChI is InChI=1S/C20H32O2/c1-2-3-4-5-6-7-8-9-10-11-15-18-22-20(21)19-16-13-12-14-17-19/h12-14,16-17H,2-11,15,18H2,1H3. The van der Waals surface area contributed by atoms with Crippen molar-refractivity contribution in [2.24, 2.45) is 0 Å². The van der Waals surface area contributed by atoms with Crippen LogP contribution in [0.25, 0.3) is 0 Å². The first-order chi connectivity index (χ1) is 10.8. The second-order valence-corrected chi connectivity index (χ2v) is 6.04. The van der Waals surface area contributed by atoms with Gasteiger partial charge in [0.25, 0.3) is 0 Å². The minimum absolute atomic E-state index is 0.201. The molecule has 124 valence electrons. The topological polar surface area (TPSA) is 26.3 Å². The van der Waals surface area contributed by atoms with E-state index in [0.717, 1.165) is 12.8 Å². The predicted octanol–water partition coefficient (Wildman–Crippen LogP) is 6.15. The molecule has 0 bridgehead atoms. The van der Waals surface area contributed by atoms with Crippen molar-refractivity contribution in [2.75, 3.05) is 6.61 Å². The van der Waals surface area contributed by atoms with Gasteiger partial charge >= 0.3 is 5.97 Å². The molecule has 0 unspecified atom stereocenters. The van der Waals surface area contributed by atoms with E-state index in [-0.39, 0.29) is 5.97 Å². The highest BCUT2D eigenvalue weighted by molar-refractivity contribution is 5.89. The van der Waals surface area contributed by atoms with Gasteiger partial charge in [-0.2, -0.15) is 0 Å². The third-order valence-corrected chi connectivity index (χ3v) is 3.99. The Morgan fingerprint density at radius 3 is 1.82 bits per heavy atom. The third kappa shape index (κ3) is 9.59. The average molecular weight is 304 g/mol. The smallest absolute Gasteiger partial charge is 0.338 e. The fourth-order valence-electron chi connectivity index (χ4n) is 2.59. The number of ether oxygens (including phenoxy) is 1. The number of carbonyl (C=O) groups is 1. The van der Waals surface area contributed by atoms with E-state index in [4.69, 9.17) is 4.74 Å². The maximum Gasteiger partial charge on any atom is 0.338 e. The van der Waals surface area contributed by atoms with Crippen LogP contribution < -0.4 is 0 Å². The lowest BCUT2D eigenvalue weighted by Gasteiger charge is -2.05. The van der Waals surface area contributed by atoms with Gasteiger partial charge in [0.2, 0.25) is 0 Å². The van der Waals surface area contributed by atoms with Crippen LogP contribution in [0.4, 0.5) is 0 Å². The SMILES string of the molecule is CCCCCCCCCCCCCOC(=O)c1ccccc1. The molecular weight excluding hydrogens is 272 g/mol. The molecule has 0 heterocycles. The van der Waals surface area contributed by atoms with Crippen LogP contribution in [0.1, 0.15) is 87.9 Å². The van der Waals surface area contributed by atoms with Crippen LogP contribution in [0.5, 0.6) is 0 Å². The van der Waals surface area contributed by atoms with Crippen molar-refractivity contribution in [3.63, 3.8) is 0 Å². The van der Waals surface area contributed by atoms with Crippen LogP contribution in [-0.2, 0) is 4.74 Å². The van der Waals surface area contributed by atoms with Crippen molar-refractivity contribution >= 4 is 5.97 Å². The summed E-state index contributed by atoms with van der Waals surface area (Å²) in [5.41, 5.74) is 0.644. The lowest BCUT2D eigenvalue weighted by molar-refractivity contribution is 0.0497. The maximum absolute atomic E-state index is 11.7. The van der Waals surface area contributed by atoms with Gasteiger partial charge in [-0.15, -0.1) is 0 Å². The van der Waals surface area contributed by atoms with Gasteiger partial charge in [-0.1, -0.05) is 89.3 Å². The number of rotatable bonds is 13. The van der Waals surface area contributed by atoms with Gasteiger partial charge in [0.05, 0.1) is 12.2 Å². The molecule has 0 amide bonds. The minimum Gasteiger partial charge on any atom is -0.462 e. The Morgan fingerprint density at radius 1 is 0.773 bits per heavy atom. The number of hydrogen-bond donors (Lipinski definition) is 0. The van der Waals surface area contributed by atoms with E-state index in [0.29, 0.717) is 12.2 Å².